The van der Waals surface area contributed by atoms with Gasteiger partial charge in [0.25, 0.3) is 0 Å². The van der Waals surface area contributed by atoms with E-state index in [1.54, 1.807) is 13.3 Å². The van der Waals surface area contributed by atoms with Crippen molar-refractivity contribution in [3.63, 3.8) is 0 Å². The summed E-state index contributed by atoms with van der Waals surface area (Å²) in [5.74, 6) is 1.35. The highest BCUT2D eigenvalue weighted by atomic mass is 35.5. The highest BCUT2D eigenvalue weighted by molar-refractivity contribution is 6.30. The van der Waals surface area contributed by atoms with Gasteiger partial charge in [-0.1, -0.05) is 25.4 Å². The van der Waals surface area contributed by atoms with Gasteiger partial charge in [-0.2, -0.15) is 0 Å². The SMILES string of the molecule is CCC(CC)Nc1ccnc(Oc2c(C)cc(Cl)cc2C)c1COC. The Morgan fingerprint density at radius 1 is 1.16 bits per heavy atom. The number of ether oxygens (including phenoxy) is 2. The Hall–Kier alpha value is -1.78. The molecule has 0 radical (unpaired) electrons. The summed E-state index contributed by atoms with van der Waals surface area (Å²) in [6, 6.07) is 6.17. The second-order valence-corrected chi connectivity index (χ2v) is 6.64. The van der Waals surface area contributed by atoms with Crippen molar-refractivity contribution in [2.24, 2.45) is 0 Å². The first kappa shape index (κ1) is 19.5. The van der Waals surface area contributed by atoms with Crippen LogP contribution in [0, 0.1) is 13.8 Å². The third-order valence-electron chi connectivity index (χ3n) is 4.27. The van der Waals surface area contributed by atoms with Crippen LogP contribution in [0.1, 0.15) is 43.4 Å². The molecule has 0 bridgehead atoms. The number of hydrogen-bond donors (Lipinski definition) is 1. The average Bonchev–Trinajstić information content (AvgIpc) is 2.58. The van der Waals surface area contributed by atoms with Crippen molar-refractivity contribution >= 4 is 17.3 Å². The van der Waals surface area contributed by atoms with E-state index in [9.17, 15) is 0 Å². The minimum Gasteiger partial charge on any atom is -0.438 e. The largest absolute Gasteiger partial charge is 0.438 e. The standard InChI is InChI=1S/C20H27ClN2O2/c1-6-16(7-2)23-18-8-9-22-20(17(18)12-24-5)25-19-13(3)10-15(21)11-14(19)4/h8-11,16H,6-7,12H2,1-5H3,(H,22,23). The van der Waals surface area contributed by atoms with Crippen LogP contribution < -0.4 is 10.1 Å². The Balaban J connectivity index is 2.41. The van der Waals surface area contributed by atoms with Gasteiger partial charge < -0.3 is 14.8 Å². The number of anilines is 1. The molecule has 0 aliphatic rings. The molecular weight excluding hydrogens is 336 g/mol. The van der Waals surface area contributed by atoms with Crippen LogP contribution in [0.4, 0.5) is 5.69 Å². The maximum absolute atomic E-state index is 6.18. The van der Waals surface area contributed by atoms with E-state index in [2.05, 4.69) is 24.1 Å². The van der Waals surface area contributed by atoms with Crippen LogP contribution >= 0.6 is 11.6 Å². The Labute approximate surface area is 155 Å². The molecule has 0 atom stereocenters. The van der Waals surface area contributed by atoms with E-state index in [4.69, 9.17) is 21.1 Å². The van der Waals surface area contributed by atoms with Crippen LogP contribution in [-0.4, -0.2) is 18.1 Å². The number of aromatic nitrogens is 1. The molecule has 1 N–H and O–H groups in total. The van der Waals surface area contributed by atoms with E-state index in [0.717, 1.165) is 41.0 Å². The van der Waals surface area contributed by atoms with Gasteiger partial charge in [0.2, 0.25) is 5.88 Å². The molecule has 1 aromatic carbocycles. The second kappa shape index (κ2) is 9.07. The molecular formula is C20H27ClN2O2. The van der Waals surface area contributed by atoms with E-state index >= 15 is 0 Å². The molecule has 5 heteroatoms. The number of pyridine rings is 1. The number of halogens is 1. The highest BCUT2D eigenvalue weighted by Crippen LogP contribution is 2.34. The Morgan fingerprint density at radius 3 is 2.36 bits per heavy atom. The fourth-order valence-electron chi connectivity index (χ4n) is 2.85. The summed E-state index contributed by atoms with van der Waals surface area (Å²) in [4.78, 5) is 4.44. The number of methoxy groups -OCH3 is 1. The van der Waals surface area contributed by atoms with Crippen LogP contribution in [0.25, 0.3) is 0 Å². The number of rotatable bonds is 8. The number of nitrogens with one attached hydrogen (secondary N) is 1. The van der Waals surface area contributed by atoms with Gasteiger partial charge in [0, 0.05) is 30.1 Å². The number of nitrogens with zero attached hydrogens (tertiary/aromatic N) is 1. The Morgan fingerprint density at radius 2 is 1.80 bits per heavy atom. The molecule has 0 saturated carbocycles. The molecule has 2 aromatic rings. The fraction of sp³-hybridized carbons (Fsp3) is 0.450. The predicted octanol–water partition coefficient (Wildman–Crippen LogP) is 5.89. The zero-order valence-electron chi connectivity index (χ0n) is 15.6. The average molecular weight is 363 g/mol. The first-order valence-electron chi connectivity index (χ1n) is 8.68. The summed E-state index contributed by atoms with van der Waals surface area (Å²) < 4.78 is 11.6. The van der Waals surface area contributed by atoms with E-state index in [-0.39, 0.29) is 0 Å². The summed E-state index contributed by atoms with van der Waals surface area (Å²) >= 11 is 6.12. The first-order valence-corrected chi connectivity index (χ1v) is 9.05. The van der Waals surface area contributed by atoms with Crippen LogP contribution in [0.5, 0.6) is 11.6 Å². The van der Waals surface area contributed by atoms with Gasteiger partial charge in [0.1, 0.15) is 5.75 Å². The van der Waals surface area contributed by atoms with Crippen molar-refractivity contribution in [3.8, 4) is 11.6 Å². The number of aryl methyl sites for hydroxylation is 2. The van der Waals surface area contributed by atoms with Crippen molar-refractivity contribution in [3.05, 3.63) is 46.1 Å². The minimum atomic E-state index is 0.407. The molecule has 0 spiro atoms. The van der Waals surface area contributed by atoms with Crippen LogP contribution in [0.3, 0.4) is 0 Å². The van der Waals surface area contributed by atoms with Gasteiger partial charge in [-0.05, 0) is 56.0 Å². The summed E-state index contributed by atoms with van der Waals surface area (Å²) in [5, 5.41) is 4.28. The molecule has 25 heavy (non-hydrogen) atoms. The molecule has 136 valence electrons. The Bertz CT molecular complexity index is 692. The summed E-state index contributed by atoms with van der Waals surface area (Å²) in [5.41, 5.74) is 3.89. The lowest BCUT2D eigenvalue weighted by Gasteiger charge is -2.21. The van der Waals surface area contributed by atoms with Crippen molar-refractivity contribution in [2.45, 2.75) is 53.2 Å². The smallest absolute Gasteiger partial charge is 0.226 e. The van der Waals surface area contributed by atoms with Crippen molar-refractivity contribution in [1.29, 1.82) is 0 Å². The maximum Gasteiger partial charge on any atom is 0.226 e. The van der Waals surface area contributed by atoms with Crippen LogP contribution in [0.15, 0.2) is 24.4 Å². The fourth-order valence-corrected chi connectivity index (χ4v) is 3.18. The highest BCUT2D eigenvalue weighted by Gasteiger charge is 2.16. The molecule has 0 saturated heterocycles. The number of hydrogen-bond acceptors (Lipinski definition) is 4. The summed E-state index contributed by atoms with van der Waals surface area (Å²) in [6.45, 7) is 8.75. The molecule has 0 aliphatic heterocycles. The summed E-state index contributed by atoms with van der Waals surface area (Å²) in [6.07, 6.45) is 3.87. The van der Waals surface area contributed by atoms with Crippen molar-refractivity contribution in [2.75, 3.05) is 12.4 Å². The Kier molecular flexibility index (Phi) is 7.09. The van der Waals surface area contributed by atoms with E-state index in [0.29, 0.717) is 23.6 Å². The van der Waals surface area contributed by atoms with Gasteiger partial charge in [0.05, 0.1) is 12.2 Å². The summed E-state index contributed by atoms with van der Waals surface area (Å²) in [7, 11) is 1.68. The lowest BCUT2D eigenvalue weighted by atomic mass is 10.1. The molecule has 4 nitrogen and oxygen atoms in total. The lowest BCUT2D eigenvalue weighted by molar-refractivity contribution is 0.182. The lowest BCUT2D eigenvalue weighted by Crippen LogP contribution is -2.18. The molecule has 0 aliphatic carbocycles. The third kappa shape index (κ3) is 4.86. The van der Waals surface area contributed by atoms with Gasteiger partial charge in [-0.15, -0.1) is 0 Å². The molecule has 0 unspecified atom stereocenters. The quantitative estimate of drug-likeness (QED) is 0.635. The van der Waals surface area contributed by atoms with E-state index in [1.165, 1.54) is 0 Å². The van der Waals surface area contributed by atoms with E-state index in [1.807, 2.05) is 32.0 Å². The monoisotopic (exact) mass is 362 g/mol. The maximum atomic E-state index is 6.18. The third-order valence-corrected chi connectivity index (χ3v) is 4.49. The molecule has 0 amide bonds. The van der Waals surface area contributed by atoms with Crippen molar-refractivity contribution in [1.82, 2.24) is 4.98 Å². The first-order chi connectivity index (χ1) is 12.0. The van der Waals surface area contributed by atoms with Crippen LogP contribution in [-0.2, 0) is 11.3 Å². The van der Waals surface area contributed by atoms with Crippen molar-refractivity contribution < 1.29 is 9.47 Å². The normalized spacial score (nSPS) is 11.0. The zero-order valence-corrected chi connectivity index (χ0v) is 16.4. The van der Waals surface area contributed by atoms with Gasteiger partial charge >= 0.3 is 0 Å². The molecule has 1 heterocycles. The number of benzene rings is 1. The van der Waals surface area contributed by atoms with Gasteiger partial charge in [0.15, 0.2) is 0 Å². The van der Waals surface area contributed by atoms with E-state index < -0.39 is 0 Å². The second-order valence-electron chi connectivity index (χ2n) is 6.20. The predicted molar refractivity (Wildman–Crippen MR) is 104 cm³/mol. The minimum absolute atomic E-state index is 0.407. The van der Waals surface area contributed by atoms with Gasteiger partial charge in [-0.3, -0.25) is 0 Å². The van der Waals surface area contributed by atoms with Crippen LogP contribution in [0.2, 0.25) is 5.02 Å². The van der Waals surface area contributed by atoms with Gasteiger partial charge in [-0.25, -0.2) is 4.98 Å². The topological polar surface area (TPSA) is 43.4 Å². The molecule has 0 fully saturated rings. The molecule has 2 rings (SSSR count). The zero-order chi connectivity index (χ0) is 18.4. The molecule has 1 aromatic heterocycles.